The number of aliphatic hydroxyl groups is 2. The van der Waals surface area contributed by atoms with Gasteiger partial charge in [0.1, 0.15) is 12.6 Å². The van der Waals surface area contributed by atoms with Crippen molar-refractivity contribution in [2.75, 3.05) is 6.54 Å². The van der Waals surface area contributed by atoms with Gasteiger partial charge in [0.05, 0.1) is 12.2 Å². The van der Waals surface area contributed by atoms with Gasteiger partial charge in [-0.3, -0.25) is 14.4 Å². The molecule has 5 unspecified atom stereocenters. The second kappa shape index (κ2) is 11.5. The van der Waals surface area contributed by atoms with E-state index in [4.69, 9.17) is 4.74 Å². The zero-order valence-corrected chi connectivity index (χ0v) is 27.1. The number of amides is 1. The molecular weight excluding hydrogens is 534 g/mol. The van der Waals surface area contributed by atoms with E-state index in [0.717, 1.165) is 44.1 Å². The van der Waals surface area contributed by atoms with Gasteiger partial charge in [0, 0.05) is 17.9 Å². The maximum absolute atomic E-state index is 13.8. The molecule has 0 aliphatic heterocycles. The van der Waals surface area contributed by atoms with E-state index in [1.54, 1.807) is 0 Å². The monoisotopic (exact) mass is 589 g/mol. The number of fused-ring (bicyclic) bond motifs is 5. The van der Waals surface area contributed by atoms with Crippen molar-refractivity contribution in [2.45, 2.75) is 131 Å². The van der Waals surface area contributed by atoms with Gasteiger partial charge >= 0.3 is 11.9 Å². The lowest BCUT2D eigenvalue weighted by atomic mass is 9.34. The van der Waals surface area contributed by atoms with Gasteiger partial charge in [-0.25, -0.2) is 0 Å². The minimum absolute atomic E-state index is 0.000619. The Hall–Kier alpha value is -1.93. The largest absolute Gasteiger partial charge is 0.480 e. The first-order valence-electron chi connectivity index (χ1n) is 16.2. The third-order valence-electron chi connectivity index (χ3n) is 12.9. The predicted octanol–water partition coefficient (Wildman–Crippen LogP) is 5.25. The van der Waals surface area contributed by atoms with Crippen LogP contribution in [0.2, 0.25) is 0 Å². The van der Waals surface area contributed by atoms with Crippen LogP contribution >= 0.6 is 0 Å². The van der Waals surface area contributed by atoms with Crippen LogP contribution in [-0.2, 0) is 19.1 Å². The van der Waals surface area contributed by atoms with Crippen molar-refractivity contribution in [1.29, 1.82) is 0 Å². The number of carbonyl (C=O) groups is 3. The molecule has 0 aromatic rings. The molecule has 4 rings (SSSR count). The van der Waals surface area contributed by atoms with E-state index >= 15 is 0 Å². The van der Waals surface area contributed by atoms with Gasteiger partial charge in [-0.15, -0.1) is 0 Å². The lowest BCUT2D eigenvalue weighted by Gasteiger charge is -2.71. The van der Waals surface area contributed by atoms with Crippen LogP contribution in [0.25, 0.3) is 0 Å². The average Bonchev–Trinajstić information content (AvgIpc) is 3.08. The second-order valence-electron chi connectivity index (χ2n) is 15.5. The van der Waals surface area contributed by atoms with E-state index in [1.807, 2.05) is 0 Å². The van der Waals surface area contributed by atoms with Gasteiger partial charge in [0.15, 0.2) is 0 Å². The van der Waals surface area contributed by atoms with Crippen LogP contribution in [0.15, 0.2) is 11.1 Å². The van der Waals surface area contributed by atoms with Crippen molar-refractivity contribution in [3.05, 3.63) is 11.1 Å². The van der Waals surface area contributed by atoms with Crippen LogP contribution in [-0.4, -0.2) is 58.0 Å². The van der Waals surface area contributed by atoms with E-state index in [2.05, 4.69) is 53.8 Å². The standard InChI is InChI=1S/C34H55NO7/c1-19(2)10-9-11-22(30(41)35-18-27(39)40)28-26(42-21(4)36)17-34(8)32(6)15-12-23-20(3)24(37)13-14-31(23,5)29(32)25(38)16-33(28,34)7/h19-20,23-26,29,37-38H,9-18H2,1-8H3,(H,35,41)(H,39,40)/b28-22-/t20-,23-,24+,25?,26?,29?,31?,32-,33-,34?/m0/s1. The molecular formula is C34H55NO7. The molecule has 0 saturated heterocycles. The SMILES string of the molecule is CC(=O)OC1CC2(C)[C@@](C)(CC(O)C3C4(C)CC[C@@H](O)[C@@H](C)[C@@H]4CC[C@@]32C)/C1=C(/CCCC(C)C)C(=O)NCC(=O)O. The summed E-state index contributed by atoms with van der Waals surface area (Å²) in [7, 11) is 0. The van der Waals surface area contributed by atoms with Crippen LogP contribution in [0.5, 0.6) is 0 Å². The Labute approximate surface area is 252 Å². The quantitative estimate of drug-likeness (QED) is 0.224. The highest BCUT2D eigenvalue weighted by atomic mass is 16.5. The van der Waals surface area contributed by atoms with Gasteiger partial charge in [-0.1, -0.05) is 54.9 Å². The Kier molecular flexibility index (Phi) is 9.05. The third kappa shape index (κ3) is 5.12. The molecule has 0 aromatic heterocycles. The summed E-state index contributed by atoms with van der Waals surface area (Å²) in [6.07, 6.45) is 4.95. The van der Waals surface area contributed by atoms with E-state index in [9.17, 15) is 29.7 Å². The van der Waals surface area contributed by atoms with Crippen molar-refractivity contribution in [3.63, 3.8) is 0 Å². The fourth-order valence-electron chi connectivity index (χ4n) is 10.8. The molecule has 4 aliphatic rings. The van der Waals surface area contributed by atoms with E-state index in [1.165, 1.54) is 6.92 Å². The summed E-state index contributed by atoms with van der Waals surface area (Å²) in [4.78, 5) is 37.6. The molecule has 1 amide bonds. The van der Waals surface area contributed by atoms with E-state index < -0.39 is 47.4 Å². The zero-order chi connectivity index (χ0) is 31.4. The Morgan fingerprint density at radius 1 is 1.02 bits per heavy atom. The number of aliphatic hydroxyl groups excluding tert-OH is 2. The highest BCUT2D eigenvalue weighted by molar-refractivity contribution is 5.96. The molecule has 10 atom stereocenters. The summed E-state index contributed by atoms with van der Waals surface area (Å²) in [6.45, 7) is 16.4. The lowest BCUT2D eigenvalue weighted by Crippen LogP contribution is -2.67. The molecule has 8 nitrogen and oxygen atoms in total. The van der Waals surface area contributed by atoms with Crippen molar-refractivity contribution in [2.24, 2.45) is 45.3 Å². The first-order valence-corrected chi connectivity index (χ1v) is 16.2. The van der Waals surface area contributed by atoms with Crippen LogP contribution in [0.1, 0.15) is 113 Å². The third-order valence-corrected chi connectivity index (χ3v) is 12.9. The number of aliphatic carboxylic acids is 1. The van der Waals surface area contributed by atoms with E-state index in [-0.39, 0.29) is 28.8 Å². The summed E-state index contributed by atoms with van der Waals surface area (Å²) in [5, 5.41) is 34.9. The molecule has 42 heavy (non-hydrogen) atoms. The number of rotatable bonds is 8. The number of hydrogen-bond donors (Lipinski definition) is 4. The Morgan fingerprint density at radius 2 is 1.69 bits per heavy atom. The number of carboxylic acids is 1. The highest BCUT2D eigenvalue weighted by Gasteiger charge is 2.74. The molecule has 0 radical (unpaired) electrons. The molecule has 0 aromatic carbocycles. The van der Waals surface area contributed by atoms with Crippen LogP contribution in [0.4, 0.5) is 0 Å². The summed E-state index contributed by atoms with van der Waals surface area (Å²) >= 11 is 0. The van der Waals surface area contributed by atoms with Gasteiger partial charge in [-0.2, -0.15) is 0 Å². The van der Waals surface area contributed by atoms with Gasteiger partial charge in [-0.05, 0) is 96.9 Å². The molecule has 4 N–H and O–H groups in total. The van der Waals surface area contributed by atoms with E-state index in [0.29, 0.717) is 36.7 Å². The fourth-order valence-corrected chi connectivity index (χ4v) is 10.8. The smallest absolute Gasteiger partial charge is 0.322 e. The maximum Gasteiger partial charge on any atom is 0.322 e. The van der Waals surface area contributed by atoms with Crippen molar-refractivity contribution in [1.82, 2.24) is 5.32 Å². The molecule has 238 valence electrons. The van der Waals surface area contributed by atoms with Crippen molar-refractivity contribution in [3.8, 4) is 0 Å². The lowest BCUT2D eigenvalue weighted by molar-refractivity contribution is -0.251. The molecule has 0 heterocycles. The van der Waals surface area contributed by atoms with Gasteiger partial charge in [0.25, 0.3) is 0 Å². The predicted molar refractivity (Wildman–Crippen MR) is 160 cm³/mol. The zero-order valence-electron chi connectivity index (χ0n) is 27.1. The number of hydrogen-bond acceptors (Lipinski definition) is 6. The maximum atomic E-state index is 13.8. The molecule has 4 saturated carbocycles. The van der Waals surface area contributed by atoms with Gasteiger partial charge < -0.3 is 25.4 Å². The summed E-state index contributed by atoms with van der Waals surface area (Å²) < 4.78 is 6.05. The first-order chi connectivity index (χ1) is 19.4. The molecule has 0 spiro atoms. The Morgan fingerprint density at radius 3 is 2.29 bits per heavy atom. The molecule has 4 aliphatic carbocycles. The normalized spacial score (nSPS) is 44.1. The van der Waals surface area contributed by atoms with Crippen LogP contribution < -0.4 is 5.32 Å². The number of ether oxygens (including phenoxy) is 1. The number of esters is 1. The number of nitrogens with one attached hydrogen (secondary N) is 1. The van der Waals surface area contributed by atoms with Crippen LogP contribution in [0.3, 0.4) is 0 Å². The molecule has 8 heteroatoms. The first kappa shape index (κ1) is 33.0. The summed E-state index contributed by atoms with van der Waals surface area (Å²) in [6, 6.07) is 0. The Bertz CT molecular complexity index is 1120. The highest BCUT2D eigenvalue weighted by Crippen LogP contribution is 2.78. The summed E-state index contributed by atoms with van der Waals surface area (Å²) in [5.74, 6) is -1.03. The topological polar surface area (TPSA) is 133 Å². The fraction of sp³-hybridized carbons (Fsp3) is 0.853. The van der Waals surface area contributed by atoms with Crippen molar-refractivity contribution < 1.29 is 34.4 Å². The van der Waals surface area contributed by atoms with Crippen molar-refractivity contribution >= 4 is 17.8 Å². The molecule has 0 bridgehead atoms. The summed E-state index contributed by atoms with van der Waals surface area (Å²) in [5.41, 5.74) is -0.217. The second-order valence-corrected chi connectivity index (χ2v) is 15.5. The average molecular weight is 590 g/mol. The minimum Gasteiger partial charge on any atom is -0.480 e. The molecule has 4 fully saturated rings. The number of carboxylic acid groups (broad SMARTS) is 1. The van der Waals surface area contributed by atoms with Crippen LogP contribution in [0, 0.1) is 45.3 Å². The minimum atomic E-state index is -1.12. The Balaban J connectivity index is 1.88. The van der Waals surface area contributed by atoms with Gasteiger partial charge in [0.2, 0.25) is 5.91 Å². The number of carbonyl (C=O) groups excluding carboxylic acids is 2.